The highest BCUT2D eigenvalue weighted by molar-refractivity contribution is 6.34. The quantitative estimate of drug-likeness (QED) is 0.390. The molecule has 4 rings (SSSR count). The van der Waals surface area contributed by atoms with Gasteiger partial charge in [0.05, 0.1) is 23.1 Å². The van der Waals surface area contributed by atoms with Gasteiger partial charge in [0.25, 0.3) is 0 Å². The lowest BCUT2D eigenvalue weighted by Gasteiger charge is -2.45. The van der Waals surface area contributed by atoms with Gasteiger partial charge in [0.15, 0.2) is 5.96 Å². The molecule has 2 aliphatic heterocycles. The zero-order valence-electron chi connectivity index (χ0n) is 20.3. The molecule has 2 aliphatic rings. The summed E-state index contributed by atoms with van der Waals surface area (Å²) in [5.41, 5.74) is 0.585. The molecule has 3 atom stereocenters. The second-order valence-electron chi connectivity index (χ2n) is 9.20. The smallest absolute Gasteiger partial charge is 0.475 e. The van der Waals surface area contributed by atoms with E-state index in [1.54, 1.807) is 30.3 Å². The zero-order chi connectivity index (χ0) is 28.4. The maximum absolute atomic E-state index is 14.5. The lowest BCUT2D eigenvalue weighted by atomic mass is 9.84. The highest BCUT2D eigenvalue weighted by Gasteiger charge is 2.44. The molecule has 0 saturated carbocycles. The maximum atomic E-state index is 14.5. The Labute approximate surface area is 226 Å². The van der Waals surface area contributed by atoms with Crippen molar-refractivity contribution >= 4 is 41.0 Å². The molecule has 0 aliphatic carbocycles. The van der Waals surface area contributed by atoms with Gasteiger partial charge in [-0.2, -0.15) is 13.2 Å². The molecule has 2 aromatic carbocycles. The monoisotopic (exact) mass is 577 g/mol. The molecule has 0 aromatic heterocycles. The predicted molar refractivity (Wildman–Crippen MR) is 134 cm³/mol. The van der Waals surface area contributed by atoms with E-state index in [-0.39, 0.29) is 30.4 Å². The van der Waals surface area contributed by atoms with E-state index in [1.807, 2.05) is 13.8 Å². The molecular formula is C25H25Cl2F4N3O4. The molecule has 0 radical (unpaired) electrons. The molecule has 38 heavy (non-hydrogen) atoms. The average Bonchev–Trinajstić information content (AvgIpc) is 2.79. The molecule has 2 heterocycles. The van der Waals surface area contributed by atoms with Gasteiger partial charge in [-0.1, -0.05) is 41.4 Å². The van der Waals surface area contributed by atoms with Crippen LogP contribution >= 0.6 is 23.2 Å². The first-order chi connectivity index (χ1) is 17.6. The Balaban J connectivity index is 0.000000505. The van der Waals surface area contributed by atoms with Crippen LogP contribution < -0.4 is 5.32 Å². The Bertz CT molecular complexity index is 1220. The van der Waals surface area contributed by atoms with E-state index in [1.165, 1.54) is 11.0 Å². The molecule has 206 valence electrons. The minimum Gasteiger partial charge on any atom is -0.475 e. The number of hydrogen-bond acceptors (Lipinski definition) is 4. The topological polar surface area (TPSA) is 103 Å². The van der Waals surface area contributed by atoms with Crippen LogP contribution in [0.15, 0.2) is 36.4 Å². The standard InChI is InChI=1S/C23H24Cl2FN3O2.C2HF3O2/c1-13-10-15(8-9-31-13)29-20(30)12-23(2,28-22(29)27)18-5-3-4-17(21(18)25)16-7-6-14(24)11-19(16)26;3-2(4,5)1(6)7/h3-7,11,13,15H,8-10,12H2,1-2H3,(H2,27,28);(H,6,7)/t13-,15-,23-;/m0./s1. The zero-order valence-corrected chi connectivity index (χ0v) is 21.8. The summed E-state index contributed by atoms with van der Waals surface area (Å²) in [5, 5.41) is 19.5. The number of amides is 1. The van der Waals surface area contributed by atoms with E-state index in [0.717, 1.165) is 0 Å². The van der Waals surface area contributed by atoms with Crippen molar-refractivity contribution in [1.82, 2.24) is 10.2 Å². The van der Waals surface area contributed by atoms with Crippen LogP contribution in [0.3, 0.4) is 0 Å². The normalized spacial score (nSPS) is 23.8. The summed E-state index contributed by atoms with van der Waals surface area (Å²) in [4.78, 5) is 23.6. The molecule has 1 amide bonds. The Hall–Kier alpha value is -2.89. The summed E-state index contributed by atoms with van der Waals surface area (Å²) < 4.78 is 51.9. The number of ether oxygens (including phenoxy) is 1. The van der Waals surface area contributed by atoms with Crippen molar-refractivity contribution in [2.75, 3.05) is 6.61 Å². The molecule has 2 saturated heterocycles. The third-order valence-electron chi connectivity index (χ3n) is 6.29. The first kappa shape index (κ1) is 29.7. The van der Waals surface area contributed by atoms with Crippen LogP contribution in [0, 0.1) is 11.2 Å². The minimum atomic E-state index is -5.08. The highest BCUT2D eigenvalue weighted by atomic mass is 35.5. The van der Waals surface area contributed by atoms with Crippen LogP contribution in [0.4, 0.5) is 17.6 Å². The van der Waals surface area contributed by atoms with Crippen molar-refractivity contribution in [3.05, 3.63) is 57.8 Å². The molecule has 13 heteroatoms. The van der Waals surface area contributed by atoms with E-state index in [9.17, 15) is 22.4 Å². The number of carboxylic acid groups (broad SMARTS) is 1. The van der Waals surface area contributed by atoms with Gasteiger partial charge in [0.2, 0.25) is 5.91 Å². The van der Waals surface area contributed by atoms with Crippen LogP contribution in [-0.2, 0) is 19.9 Å². The van der Waals surface area contributed by atoms with Crippen LogP contribution in [0.1, 0.15) is 38.7 Å². The van der Waals surface area contributed by atoms with Gasteiger partial charge in [0.1, 0.15) is 5.82 Å². The van der Waals surface area contributed by atoms with Crippen molar-refractivity contribution in [1.29, 1.82) is 5.41 Å². The second kappa shape index (κ2) is 11.5. The first-order valence-corrected chi connectivity index (χ1v) is 12.2. The fraction of sp³-hybridized carbons (Fsp3) is 0.400. The number of halogens is 6. The number of guanidine groups is 1. The first-order valence-electron chi connectivity index (χ1n) is 11.5. The number of carbonyl (C=O) groups excluding carboxylic acids is 1. The largest absolute Gasteiger partial charge is 0.490 e. The number of nitrogens with one attached hydrogen (secondary N) is 2. The molecule has 0 bridgehead atoms. The fourth-order valence-electron chi connectivity index (χ4n) is 4.51. The van der Waals surface area contributed by atoms with Crippen LogP contribution in [-0.4, -0.2) is 52.8 Å². The highest BCUT2D eigenvalue weighted by Crippen LogP contribution is 2.40. The van der Waals surface area contributed by atoms with Crippen molar-refractivity contribution in [2.24, 2.45) is 0 Å². The average molecular weight is 578 g/mol. The second-order valence-corrected chi connectivity index (χ2v) is 10.0. The van der Waals surface area contributed by atoms with E-state index < -0.39 is 23.5 Å². The number of alkyl halides is 3. The van der Waals surface area contributed by atoms with Crippen molar-refractivity contribution in [3.63, 3.8) is 0 Å². The van der Waals surface area contributed by atoms with E-state index in [4.69, 9.17) is 43.2 Å². The third-order valence-corrected chi connectivity index (χ3v) is 6.93. The summed E-state index contributed by atoms with van der Waals surface area (Å²) in [7, 11) is 0. The van der Waals surface area contributed by atoms with Crippen molar-refractivity contribution in [2.45, 2.75) is 57.0 Å². The van der Waals surface area contributed by atoms with Gasteiger partial charge in [-0.25, -0.2) is 9.18 Å². The fourth-order valence-corrected chi connectivity index (χ4v) is 5.10. The van der Waals surface area contributed by atoms with Gasteiger partial charge in [-0.15, -0.1) is 0 Å². The summed E-state index contributed by atoms with van der Waals surface area (Å²) in [5.74, 6) is -3.31. The van der Waals surface area contributed by atoms with E-state index in [2.05, 4.69) is 5.32 Å². The van der Waals surface area contributed by atoms with Gasteiger partial charge in [0, 0.05) is 28.8 Å². The van der Waals surface area contributed by atoms with E-state index >= 15 is 0 Å². The third kappa shape index (κ3) is 6.57. The number of rotatable bonds is 3. The number of hydrogen-bond donors (Lipinski definition) is 3. The summed E-state index contributed by atoms with van der Waals surface area (Å²) in [6.45, 7) is 4.39. The predicted octanol–water partition coefficient (Wildman–Crippen LogP) is 5.97. The van der Waals surface area contributed by atoms with E-state index in [0.29, 0.717) is 46.2 Å². The summed E-state index contributed by atoms with van der Waals surface area (Å²) in [6, 6.07) is 9.68. The Kier molecular flexibility index (Phi) is 8.95. The molecule has 0 spiro atoms. The Morgan fingerprint density at radius 3 is 2.45 bits per heavy atom. The summed E-state index contributed by atoms with van der Waals surface area (Å²) >= 11 is 12.6. The Morgan fingerprint density at radius 2 is 1.89 bits per heavy atom. The lowest BCUT2D eigenvalue weighted by Crippen LogP contribution is -2.63. The molecule has 3 N–H and O–H groups in total. The molecule has 2 fully saturated rings. The number of nitrogens with zero attached hydrogens (tertiary/aromatic N) is 1. The van der Waals surface area contributed by atoms with Crippen molar-refractivity contribution < 1.29 is 37.0 Å². The maximum Gasteiger partial charge on any atom is 0.490 e. The number of carbonyl (C=O) groups is 2. The molecule has 0 unspecified atom stereocenters. The number of benzene rings is 2. The molecule has 2 aromatic rings. The SMILES string of the molecule is C[C@H]1C[C@@H](N2C(=N)N[C@](C)(c3cccc(-c4ccc(Cl)cc4F)c3Cl)CC2=O)CCO1.O=C(O)C(F)(F)F. The number of aliphatic carboxylic acids is 1. The van der Waals surface area contributed by atoms with Crippen LogP contribution in [0.2, 0.25) is 10.0 Å². The minimum absolute atomic E-state index is 0.0491. The lowest BCUT2D eigenvalue weighted by molar-refractivity contribution is -0.192. The van der Waals surface area contributed by atoms with Crippen LogP contribution in [0.25, 0.3) is 11.1 Å². The molecule has 7 nitrogen and oxygen atoms in total. The van der Waals surface area contributed by atoms with Gasteiger partial charge in [-0.3, -0.25) is 15.1 Å². The summed E-state index contributed by atoms with van der Waals surface area (Å²) in [6.07, 6.45) is -3.51. The van der Waals surface area contributed by atoms with Gasteiger partial charge < -0.3 is 15.2 Å². The number of carboxylic acids is 1. The van der Waals surface area contributed by atoms with Gasteiger partial charge >= 0.3 is 12.1 Å². The Morgan fingerprint density at radius 1 is 1.24 bits per heavy atom. The van der Waals surface area contributed by atoms with Gasteiger partial charge in [-0.05, 0) is 50.5 Å². The van der Waals surface area contributed by atoms with Crippen LogP contribution in [0.5, 0.6) is 0 Å². The molecular weight excluding hydrogens is 553 g/mol. The van der Waals surface area contributed by atoms with Crippen molar-refractivity contribution in [3.8, 4) is 11.1 Å².